The van der Waals surface area contributed by atoms with Crippen molar-refractivity contribution in [2.45, 2.75) is 57.7 Å². The highest BCUT2D eigenvalue weighted by atomic mass is 16.5. The van der Waals surface area contributed by atoms with Crippen LogP contribution < -0.4 is 10.6 Å². The van der Waals surface area contributed by atoms with Gasteiger partial charge in [0.2, 0.25) is 0 Å². The van der Waals surface area contributed by atoms with Gasteiger partial charge in [-0.3, -0.25) is 4.90 Å². The minimum atomic E-state index is -0.114. The van der Waals surface area contributed by atoms with Gasteiger partial charge in [0.1, 0.15) is 0 Å². The van der Waals surface area contributed by atoms with Gasteiger partial charge in [0, 0.05) is 43.0 Å². The summed E-state index contributed by atoms with van der Waals surface area (Å²) in [6.45, 7) is 5.25. The van der Waals surface area contributed by atoms with E-state index in [4.69, 9.17) is 4.74 Å². The number of nitrogens with one attached hydrogen (secondary N) is 2. The van der Waals surface area contributed by atoms with Crippen molar-refractivity contribution in [1.82, 2.24) is 10.2 Å². The summed E-state index contributed by atoms with van der Waals surface area (Å²) in [5, 5.41) is 6.11. The van der Waals surface area contributed by atoms with Crippen LogP contribution in [0.3, 0.4) is 0 Å². The summed E-state index contributed by atoms with van der Waals surface area (Å²) < 4.78 is 5.47. The fourth-order valence-corrected chi connectivity index (χ4v) is 3.83. The van der Waals surface area contributed by atoms with Crippen LogP contribution in [0.25, 0.3) is 0 Å². The summed E-state index contributed by atoms with van der Waals surface area (Å²) in [6.07, 6.45) is 6.41. The maximum Gasteiger partial charge on any atom is 0.319 e. The molecule has 1 heterocycles. The number of urea groups is 1. The van der Waals surface area contributed by atoms with Crippen LogP contribution >= 0.6 is 0 Å². The molecule has 1 aliphatic carbocycles. The number of ether oxygens (including phenoxy) is 1. The molecule has 24 heavy (non-hydrogen) atoms. The molecular formula is C19H29N3O2. The van der Waals surface area contributed by atoms with Gasteiger partial charge >= 0.3 is 6.03 Å². The highest BCUT2D eigenvalue weighted by Crippen LogP contribution is 2.26. The Bertz CT molecular complexity index is 543. The van der Waals surface area contributed by atoms with Crippen molar-refractivity contribution in [3.63, 3.8) is 0 Å². The lowest BCUT2D eigenvalue weighted by Crippen LogP contribution is -2.41. The van der Waals surface area contributed by atoms with Crippen LogP contribution in [0.15, 0.2) is 24.3 Å². The molecule has 2 fully saturated rings. The number of anilines is 1. The second kappa shape index (κ2) is 8.49. The van der Waals surface area contributed by atoms with Crippen LogP contribution in [0.1, 0.15) is 44.6 Å². The van der Waals surface area contributed by atoms with Crippen LogP contribution in [0.2, 0.25) is 0 Å². The molecule has 0 unspecified atom stereocenters. The molecule has 0 aromatic heterocycles. The van der Waals surface area contributed by atoms with E-state index < -0.39 is 0 Å². The molecule has 2 amide bonds. The zero-order valence-electron chi connectivity index (χ0n) is 14.6. The first kappa shape index (κ1) is 17.2. The van der Waals surface area contributed by atoms with E-state index in [1.807, 2.05) is 31.2 Å². The van der Waals surface area contributed by atoms with E-state index in [1.165, 1.54) is 25.7 Å². The number of benzene rings is 1. The molecule has 1 saturated heterocycles. The van der Waals surface area contributed by atoms with Crippen molar-refractivity contribution in [2.75, 3.05) is 25.0 Å². The highest BCUT2D eigenvalue weighted by Gasteiger charge is 2.30. The van der Waals surface area contributed by atoms with Crippen molar-refractivity contribution in [2.24, 2.45) is 0 Å². The second-order valence-electron chi connectivity index (χ2n) is 6.81. The Balaban J connectivity index is 1.49. The molecule has 3 rings (SSSR count). The normalized spacial score (nSPS) is 22.0. The third-order valence-corrected chi connectivity index (χ3v) is 5.12. The summed E-state index contributed by atoms with van der Waals surface area (Å²) in [5.41, 5.74) is 1.84. The van der Waals surface area contributed by atoms with Crippen LogP contribution in [0.5, 0.6) is 0 Å². The van der Waals surface area contributed by atoms with Crippen molar-refractivity contribution in [1.29, 1.82) is 0 Å². The fraction of sp³-hybridized carbons (Fsp3) is 0.632. The summed E-state index contributed by atoms with van der Waals surface area (Å²) in [4.78, 5) is 14.9. The molecule has 5 heteroatoms. The first-order chi connectivity index (χ1) is 11.8. The zero-order chi connectivity index (χ0) is 16.8. The monoisotopic (exact) mass is 331 g/mol. The SMILES string of the molecule is CCOCc1ccccc1NC(=O)N[C@@H]1CCN(C2CCCC2)C1. The van der Waals surface area contributed by atoms with E-state index >= 15 is 0 Å². The molecule has 132 valence electrons. The molecule has 0 spiro atoms. The number of amides is 2. The average molecular weight is 331 g/mol. The maximum atomic E-state index is 12.3. The van der Waals surface area contributed by atoms with Crippen molar-refractivity contribution < 1.29 is 9.53 Å². The molecule has 0 bridgehead atoms. The lowest BCUT2D eigenvalue weighted by molar-refractivity contribution is 0.134. The Morgan fingerprint density at radius 3 is 2.83 bits per heavy atom. The zero-order valence-corrected chi connectivity index (χ0v) is 14.6. The van der Waals surface area contributed by atoms with Crippen LogP contribution in [-0.4, -0.2) is 42.7 Å². The van der Waals surface area contributed by atoms with E-state index in [1.54, 1.807) is 0 Å². The van der Waals surface area contributed by atoms with Crippen molar-refractivity contribution in [3.05, 3.63) is 29.8 Å². The Hall–Kier alpha value is -1.59. The molecule has 1 aromatic carbocycles. The lowest BCUT2D eigenvalue weighted by atomic mass is 10.2. The number of rotatable bonds is 6. The minimum absolute atomic E-state index is 0.114. The molecular weight excluding hydrogens is 302 g/mol. The summed E-state index contributed by atoms with van der Waals surface area (Å²) >= 11 is 0. The van der Waals surface area contributed by atoms with Gasteiger partial charge in [-0.05, 0) is 32.3 Å². The predicted octanol–water partition coefficient (Wildman–Crippen LogP) is 3.36. The minimum Gasteiger partial charge on any atom is -0.377 e. The molecule has 2 aliphatic rings. The van der Waals surface area contributed by atoms with Crippen molar-refractivity contribution in [3.8, 4) is 0 Å². The van der Waals surface area contributed by atoms with Crippen LogP contribution in [-0.2, 0) is 11.3 Å². The van der Waals surface area contributed by atoms with E-state index in [-0.39, 0.29) is 12.1 Å². The van der Waals surface area contributed by atoms with Crippen LogP contribution in [0, 0.1) is 0 Å². The molecule has 1 atom stereocenters. The first-order valence-corrected chi connectivity index (χ1v) is 9.23. The second-order valence-corrected chi connectivity index (χ2v) is 6.81. The highest BCUT2D eigenvalue weighted by molar-refractivity contribution is 5.90. The molecule has 1 aromatic rings. The smallest absolute Gasteiger partial charge is 0.319 e. The van der Waals surface area contributed by atoms with Gasteiger partial charge in [-0.2, -0.15) is 0 Å². The number of hydrogen-bond donors (Lipinski definition) is 2. The maximum absolute atomic E-state index is 12.3. The Morgan fingerprint density at radius 2 is 2.04 bits per heavy atom. The van der Waals surface area contributed by atoms with E-state index in [0.717, 1.165) is 36.8 Å². The third-order valence-electron chi connectivity index (χ3n) is 5.12. The Labute approximate surface area is 144 Å². The van der Waals surface area contributed by atoms with Gasteiger partial charge < -0.3 is 15.4 Å². The van der Waals surface area contributed by atoms with Gasteiger partial charge in [0.25, 0.3) is 0 Å². The molecule has 1 saturated carbocycles. The number of hydrogen-bond acceptors (Lipinski definition) is 3. The number of likely N-dealkylation sites (tertiary alicyclic amines) is 1. The largest absolute Gasteiger partial charge is 0.377 e. The molecule has 0 radical (unpaired) electrons. The number of para-hydroxylation sites is 1. The lowest BCUT2D eigenvalue weighted by Gasteiger charge is -2.23. The topological polar surface area (TPSA) is 53.6 Å². The summed E-state index contributed by atoms with van der Waals surface area (Å²) in [6, 6.07) is 8.69. The molecule has 1 aliphatic heterocycles. The van der Waals surface area contributed by atoms with E-state index in [0.29, 0.717) is 13.2 Å². The predicted molar refractivity (Wildman–Crippen MR) is 96.2 cm³/mol. The fourth-order valence-electron chi connectivity index (χ4n) is 3.83. The van der Waals surface area contributed by atoms with E-state index in [9.17, 15) is 4.79 Å². The number of carbonyl (C=O) groups is 1. The molecule has 5 nitrogen and oxygen atoms in total. The van der Waals surface area contributed by atoms with Gasteiger partial charge in [-0.25, -0.2) is 4.79 Å². The molecule has 2 N–H and O–H groups in total. The Kier molecular flexibility index (Phi) is 6.10. The summed E-state index contributed by atoms with van der Waals surface area (Å²) in [5.74, 6) is 0. The summed E-state index contributed by atoms with van der Waals surface area (Å²) in [7, 11) is 0. The Morgan fingerprint density at radius 1 is 1.25 bits per heavy atom. The standard InChI is InChI=1S/C19H29N3O2/c1-2-24-14-15-7-3-6-10-18(15)21-19(23)20-16-11-12-22(13-16)17-8-4-5-9-17/h3,6-7,10,16-17H,2,4-5,8-9,11-14H2,1H3,(H2,20,21,23)/t16-/m1/s1. The van der Waals surface area contributed by atoms with Crippen molar-refractivity contribution >= 4 is 11.7 Å². The van der Waals surface area contributed by atoms with Gasteiger partial charge in [0.05, 0.1) is 6.61 Å². The average Bonchev–Trinajstić information content (AvgIpc) is 3.25. The van der Waals surface area contributed by atoms with Crippen LogP contribution in [0.4, 0.5) is 10.5 Å². The third kappa shape index (κ3) is 4.48. The van der Waals surface area contributed by atoms with Gasteiger partial charge in [-0.1, -0.05) is 31.0 Å². The van der Waals surface area contributed by atoms with Gasteiger partial charge in [-0.15, -0.1) is 0 Å². The number of nitrogens with zero attached hydrogens (tertiary/aromatic N) is 1. The number of carbonyl (C=O) groups excluding carboxylic acids is 1. The van der Waals surface area contributed by atoms with Gasteiger partial charge in [0.15, 0.2) is 0 Å². The quantitative estimate of drug-likeness (QED) is 0.840. The first-order valence-electron chi connectivity index (χ1n) is 9.23. The van der Waals surface area contributed by atoms with E-state index in [2.05, 4.69) is 15.5 Å².